The van der Waals surface area contributed by atoms with Crippen LogP contribution in [0.5, 0.6) is 5.88 Å². The second kappa shape index (κ2) is 9.87. The van der Waals surface area contributed by atoms with Gasteiger partial charge in [0.25, 0.3) is 0 Å². The third kappa shape index (κ3) is 5.38. The molecule has 1 aliphatic rings. The van der Waals surface area contributed by atoms with Crippen molar-refractivity contribution in [1.82, 2.24) is 15.0 Å². The van der Waals surface area contributed by atoms with Gasteiger partial charge in [-0.1, -0.05) is 12.1 Å². The fourth-order valence-electron chi connectivity index (χ4n) is 3.79. The van der Waals surface area contributed by atoms with Crippen molar-refractivity contribution < 1.29 is 14.6 Å². The number of hydrogen-bond acceptors (Lipinski definition) is 7. The highest BCUT2D eigenvalue weighted by Gasteiger charge is 2.22. The van der Waals surface area contributed by atoms with Crippen molar-refractivity contribution in [2.75, 3.05) is 19.0 Å². The zero-order chi connectivity index (χ0) is 21.6. The van der Waals surface area contributed by atoms with Crippen LogP contribution in [0, 0.1) is 0 Å². The number of pyridine rings is 2. The van der Waals surface area contributed by atoms with Crippen molar-refractivity contribution in [3.05, 3.63) is 63.4 Å². The van der Waals surface area contributed by atoms with E-state index in [9.17, 15) is 9.90 Å². The molecular weight excluding hydrogens is 412 g/mol. The molecular formula is C23H26N4O3S. The molecule has 3 aromatic rings. The van der Waals surface area contributed by atoms with E-state index in [1.54, 1.807) is 30.7 Å². The van der Waals surface area contributed by atoms with E-state index < -0.39 is 5.97 Å². The second-order valence-corrected chi connectivity index (χ2v) is 8.79. The van der Waals surface area contributed by atoms with Crippen LogP contribution in [0.3, 0.4) is 0 Å². The summed E-state index contributed by atoms with van der Waals surface area (Å²) in [5.74, 6) is 0.366. The fraction of sp³-hybridized carbons (Fsp3) is 0.391. The van der Waals surface area contributed by atoms with Gasteiger partial charge in [-0.2, -0.15) is 0 Å². The summed E-state index contributed by atoms with van der Waals surface area (Å²) in [7, 11) is 1.56. The van der Waals surface area contributed by atoms with Gasteiger partial charge < -0.3 is 15.2 Å². The zero-order valence-corrected chi connectivity index (χ0v) is 18.3. The molecule has 1 atom stereocenters. The maximum atomic E-state index is 11.4. The van der Waals surface area contributed by atoms with E-state index in [2.05, 4.69) is 27.4 Å². The van der Waals surface area contributed by atoms with Crippen molar-refractivity contribution in [3.63, 3.8) is 0 Å². The molecule has 3 aromatic heterocycles. The van der Waals surface area contributed by atoms with Crippen LogP contribution >= 0.6 is 11.3 Å². The molecule has 4 rings (SSSR count). The Hall–Kier alpha value is -3.00. The van der Waals surface area contributed by atoms with Crippen molar-refractivity contribution in [3.8, 4) is 5.88 Å². The predicted molar refractivity (Wildman–Crippen MR) is 120 cm³/mol. The molecule has 0 unspecified atom stereocenters. The van der Waals surface area contributed by atoms with E-state index in [-0.39, 0.29) is 12.3 Å². The van der Waals surface area contributed by atoms with Gasteiger partial charge in [-0.05, 0) is 49.3 Å². The average Bonchev–Trinajstić information content (AvgIpc) is 3.26. The van der Waals surface area contributed by atoms with E-state index in [4.69, 9.17) is 9.72 Å². The number of hydrogen-bond donors (Lipinski definition) is 2. The zero-order valence-electron chi connectivity index (χ0n) is 17.5. The van der Waals surface area contributed by atoms with E-state index in [1.807, 2.05) is 12.3 Å². The van der Waals surface area contributed by atoms with Gasteiger partial charge >= 0.3 is 5.97 Å². The standard InChI is InChI=1S/C23H26N4O3S/c1-30-20-10-8-16(13-25-20)19(12-21(28)29)23-26-14-18(31-23)6-2-5-17-9-7-15-4-3-11-24-22(15)27-17/h7-10,13-14,19H,2-6,11-12H2,1H3,(H,24,27)(H,28,29)/t19-/m1/s1. The summed E-state index contributed by atoms with van der Waals surface area (Å²) in [4.78, 5) is 26.1. The number of aromatic nitrogens is 3. The minimum absolute atomic E-state index is 0.0208. The highest BCUT2D eigenvalue weighted by Crippen LogP contribution is 2.32. The summed E-state index contributed by atoms with van der Waals surface area (Å²) in [5, 5.41) is 13.6. The summed E-state index contributed by atoms with van der Waals surface area (Å²) in [5.41, 5.74) is 3.24. The van der Waals surface area contributed by atoms with Crippen LogP contribution in [0.1, 0.15) is 51.9 Å². The number of carboxylic acid groups (broad SMARTS) is 1. The third-order valence-electron chi connectivity index (χ3n) is 5.43. The van der Waals surface area contributed by atoms with Crippen LogP contribution in [0.25, 0.3) is 0 Å². The van der Waals surface area contributed by atoms with Gasteiger partial charge in [0.15, 0.2) is 0 Å². The molecule has 7 nitrogen and oxygen atoms in total. The Morgan fingerprint density at radius 1 is 1.23 bits per heavy atom. The Kier molecular flexibility index (Phi) is 6.76. The van der Waals surface area contributed by atoms with Gasteiger partial charge in [0.2, 0.25) is 5.88 Å². The molecule has 0 amide bonds. The van der Waals surface area contributed by atoms with E-state index in [0.717, 1.165) is 65.6 Å². The SMILES string of the molecule is COc1ccc([C@@H](CC(=O)O)c2ncc(CCCc3ccc4c(n3)NCCC4)s2)cn1. The van der Waals surface area contributed by atoms with Crippen LogP contribution in [0.15, 0.2) is 36.7 Å². The van der Waals surface area contributed by atoms with E-state index >= 15 is 0 Å². The number of thiazole rings is 1. The number of aryl methyl sites for hydroxylation is 3. The molecule has 0 saturated carbocycles. The molecule has 0 saturated heterocycles. The lowest BCUT2D eigenvalue weighted by atomic mass is 9.98. The molecule has 2 N–H and O–H groups in total. The summed E-state index contributed by atoms with van der Waals surface area (Å²) in [6.45, 7) is 0.994. The summed E-state index contributed by atoms with van der Waals surface area (Å²) < 4.78 is 5.10. The molecule has 1 aliphatic heterocycles. The lowest BCUT2D eigenvalue weighted by Crippen LogP contribution is -2.14. The van der Waals surface area contributed by atoms with Crippen LogP contribution in [0.2, 0.25) is 0 Å². The highest BCUT2D eigenvalue weighted by molar-refractivity contribution is 7.11. The number of nitrogens with zero attached hydrogens (tertiary/aromatic N) is 3. The minimum atomic E-state index is -0.857. The molecule has 8 heteroatoms. The van der Waals surface area contributed by atoms with Gasteiger partial charge in [0, 0.05) is 41.5 Å². The first kappa shape index (κ1) is 21.2. The van der Waals surface area contributed by atoms with Gasteiger partial charge in [0.1, 0.15) is 10.8 Å². The second-order valence-electron chi connectivity index (χ2n) is 7.64. The Morgan fingerprint density at radius 3 is 2.90 bits per heavy atom. The van der Waals surface area contributed by atoms with Crippen molar-refractivity contribution in [1.29, 1.82) is 0 Å². The Bertz CT molecular complexity index is 1040. The Morgan fingerprint density at radius 2 is 2.13 bits per heavy atom. The van der Waals surface area contributed by atoms with Crippen LogP contribution in [-0.4, -0.2) is 39.7 Å². The first-order valence-electron chi connectivity index (χ1n) is 10.5. The van der Waals surface area contributed by atoms with Crippen LogP contribution < -0.4 is 10.1 Å². The van der Waals surface area contributed by atoms with Gasteiger partial charge in [-0.25, -0.2) is 15.0 Å². The molecule has 0 fully saturated rings. The highest BCUT2D eigenvalue weighted by atomic mass is 32.1. The lowest BCUT2D eigenvalue weighted by Gasteiger charge is -2.17. The number of carboxylic acids is 1. The first-order chi connectivity index (χ1) is 15.1. The quantitative estimate of drug-likeness (QED) is 0.519. The maximum Gasteiger partial charge on any atom is 0.304 e. The molecule has 0 aromatic carbocycles. The van der Waals surface area contributed by atoms with Crippen LogP contribution in [0.4, 0.5) is 5.82 Å². The number of anilines is 1. The monoisotopic (exact) mass is 438 g/mol. The molecule has 31 heavy (non-hydrogen) atoms. The number of rotatable bonds is 9. The van der Waals surface area contributed by atoms with Gasteiger partial charge in [-0.3, -0.25) is 4.79 Å². The lowest BCUT2D eigenvalue weighted by molar-refractivity contribution is -0.137. The molecule has 0 radical (unpaired) electrons. The summed E-state index contributed by atoms with van der Waals surface area (Å²) in [6.07, 6.45) is 8.55. The normalized spacial score (nSPS) is 13.8. The third-order valence-corrected chi connectivity index (χ3v) is 6.60. The van der Waals surface area contributed by atoms with Crippen molar-refractivity contribution >= 4 is 23.1 Å². The number of carbonyl (C=O) groups is 1. The first-order valence-corrected chi connectivity index (χ1v) is 11.3. The predicted octanol–water partition coefficient (Wildman–Crippen LogP) is 4.08. The number of nitrogens with one attached hydrogen (secondary N) is 1. The Labute approximate surface area is 185 Å². The fourth-order valence-corrected chi connectivity index (χ4v) is 4.88. The summed E-state index contributed by atoms with van der Waals surface area (Å²) in [6, 6.07) is 7.92. The number of ether oxygens (including phenoxy) is 1. The maximum absolute atomic E-state index is 11.4. The van der Waals surface area contributed by atoms with Crippen LogP contribution in [-0.2, 0) is 24.1 Å². The van der Waals surface area contributed by atoms with E-state index in [1.165, 1.54) is 5.56 Å². The molecule has 0 spiro atoms. The average molecular weight is 439 g/mol. The van der Waals surface area contributed by atoms with E-state index in [0.29, 0.717) is 5.88 Å². The topological polar surface area (TPSA) is 97.2 Å². The molecule has 4 heterocycles. The van der Waals surface area contributed by atoms with Crippen molar-refractivity contribution in [2.45, 2.75) is 44.4 Å². The smallest absolute Gasteiger partial charge is 0.304 e. The van der Waals surface area contributed by atoms with Gasteiger partial charge in [0.05, 0.1) is 13.5 Å². The Balaban J connectivity index is 1.40. The number of aliphatic carboxylic acids is 1. The molecule has 162 valence electrons. The molecule has 0 aliphatic carbocycles. The number of fused-ring (bicyclic) bond motifs is 1. The van der Waals surface area contributed by atoms with Gasteiger partial charge in [-0.15, -0.1) is 11.3 Å². The largest absolute Gasteiger partial charge is 0.481 e. The minimum Gasteiger partial charge on any atom is -0.481 e. The molecule has 0 bridgehead atoms. The number of methoxy groups -OCH3 is 1. The van der Waals surface area contributed by atoms with Crippen molar-refractivity contribution in [2.24, 2.45) is 0 Å². The summed E-state index contributed by atoms with van der Waals surface area (Å²) >= 11 is 1.58.